The Morgan fingerprint density at radius 3 is 1.38 bits per heavy atom. The number of rotatable bonds is 10. The molecule has 14 heteroatoms. The Hall–Kier alpha value is -4.88. The SMILES string of the molecule is COC(=O)N[C@H](C(=O)N1C[C@@H](C)C[C@H]1c1ncc(-c2ccc(-c3cnc([C@@H]4C[C@H](C)CN4C(=O)[C@@H](NC(=O)OC)C(C)C)[nH]3)cc2)[nH]1)C(C)C. The van der Waals surface area contributed by atoms with Gasteiger partial charge in [-0.1, -0.05) is 65.8 Å². The first-order valence-corrected chi connectivity index (χ1v) is 17.3. The van der Waals surface area contributed by atoms with Crippen LogP contribution in [0.4, 0.5) is 9.59 Å². The van der Waals surface area contributed by atoms with Gasteiger partial charge in [0, 0.05) is 13.1 Å². The van der Waals surface area contributed by atoms with E-state index in [4.69, 9.17) is 9.47 Å². The van der Waals surface area contributed by atoms with E-state index in [0.717, 1.165) is 35.4 Å². The average Bonchev–Trinajstić information content (AvgIpc) is 3.91. The van der Waals surface area contributed by atoms with Gasteiger partial charge < -0.3 is 39.9 Å². The van der Waals surface area contributed by atoms with Gasteiger partial charge in [0.05, 0.1) is 50.1 Å². The maximum Gasteiger partial charge on any atom is 0.407 e. The molecule has 50 heavy (non-hydrogen) atoms. The van der Waals surface area contributed by atoms with E-state index in [1.807, 2.05) is 61.8 Å². The summed E-state index contributed by atoms with van der Waals surface area (Å²) in [6, 6.07) is 6.10. The molecule has 0 spiro atoms. The molecule has 2 aromatic heterocycles. The lowest BCUT2D eigenvalue weighted by Crippen LogP contribution is -2.51. The predicted molar refractivity (Wildman–Crippen MR) is 186 cm³/mol. The summed E-state index contributed by atoms with van der Waals surface area (Å²) in [5.41, 5.74) is 3.52. The first-order valence-electron chi connectivity index (χ1n) is 17.3. The zero-order chi connectivity index (χ0) is 36.3. The number of nitrogens with one attached hydrogen (secondary N) is 4. The van der Waals surface area contributed by atoms with Crippen LogP contribution in [0.25, 0.3) is 22.5 Å². The third-order valence-corrected chi connectivity index (χ3v) is 9.70. The van der Waals surface area contributed by atoms with Crippen molar-refractivity contribution in [3.05, 3.63) is 48.3 Å². The van der Waals surface area contributed by atoms with Crippen molar-refractivity contribution < 1.29 is 28.7 Å². The average molecular weight is 691 g/mol. The van der Waals surface area contributed by atoms with Crippen molar-refractivity contribution in [2.45, 2.75) is 78.6 Å². The molecule has 270 valence electrons. The Morgan fingerprint density at radius 1 is 0.700 bits per heavy atom. The van der Waals surface area contributed by atoms with Crippen LogP contribution in [0.1, 0.15) is 78.1 Å². The van der Waals surface area contributed by atoms with Gasteiger partial charge in [-0.3, -0.25) is 9.59 Å². The molecule has 0 bridgehead atoms. The van der Waals surface area contributed by atoms with E-state index in [0.29, 0.717) is 24.7 Å². The van der Waals surface area contributed by atoms with Crippen LogP contribution >= 0.6 is 0 Å². The summed E-state index contributed by atoms with van der Waals surface area (Å²) in [7, 11) is 2.57. The summed E-state index contributed by atoms with van der Waals surface area (Å²) in [4.78, 5) is 71.1. The number of imidazole rings is 2. The minimum absolute atomic E-state index is 0.120. The summed E-state index contributed by atoms with van der Waals surface area (Å²) in [5, 5.41) is 5.39. The van der Waals surface area contributed by atoms with Crippen LogP contribution in [0.5, 0.6) is 0 Å². The third kappa shape index (κ3) is 7.79. The molecule has 0 aliphatic carbocycles. The molecule has 4 amide bonds. The van der Waals surface area contributed by atoms with Crippen LogP contribution in [-0.4, -0.2) is 93.1 Å². The highest BCUT2D eigenvalue weighted by atomic mass is 16.5. The smallest absolute Gasteiger partial charge is 0.407 e. The highest BCUT2D eigenvalue weighted by Crippen LogP contribution is 2.37. The zero-order valence-corrected chi connectivity index (χ0v) is 30.1. The zero-order valence-electron chi connectivity index (χ0n) is 30.1. The Labute approximate surface area is 293 Å². The molecule has 0 radical (unpaired) electrons. The topological polar surface area (TPSA) is 175 Å². The maximum atomic E-state index is 13.6. The van der Waals surface area contributed by atoms with Crippen LogP contribution in [0.3, 0.4) is 0 Å². The number of aromatic amines is 2. The van der Waals surface area contributed by atoms with Gasteiger partial charge in [-0.2, -0.15) is 0 Å². The molecule has 2 fully saturated rings. The molecule has 2 aliphatic rings. The van der Waals surface area contributed by atoms with Crippen LogP contribution in [0, 0.1) is 23.7 Å². The molecule has 1 aromatic carbocycles. The van der Waals surface area contributed by atoms with Crippen molar-refractivity contribution in [1.29, 1.82) is 0 Å². The summed E-state index contributed by atoms with van der Waals surface area (Å²) < 4.78 is 9.52. The van der Waals surface area contributed by atoms with E-state index in [2.05, 4.69) is 44.4 Å². The van der Waals surface area contributed by atoms with Crippen LogP contribution in [-0.2, 0) is 19.1 Å². The molecule has 4 heterocycles. The Morgan fingerprint density at radius 2 is 1.06 bits per heavy atom. The van der Waals surface area contributed by atoms with E-state index in [9.17, 15) is 19.2 Å². The lowest BCUT2D eigenvalue weighted by Gasteiger charge is -2.30. The van der Waals surface area contributed by atoms with Gasteiger partial charge >= 0.3 is 12.2 Å². The van der Waals surface area contributed by atoms with E-state index in [1.165, 1.54) is 14.2 Å². The van der Waals surface area contributed by atoms with Crippen LogP contribution in [0.2, 0.25) is 0 Å². The Balaban J connectivity index is 1.30. The lowest BCUT2D eigenvalue weighted by molar-refractivity contribution is -0.136. The number of methoxy groups -OCH3 is 2. The fraction of sp³-hybridized carbons (Fsp3) is 0.556. The van der Waals surface area contributed by atoms with Gasteiger partial charge in [0.15, 0.2) is 0 Å². The van der Waals surface area contributed by atoms with Gasteiger partial charge in [0.25, 0.3) is 0 Å². The molecule has 4 N–H and O–H groups in total. The minimum atomic E-state index is -0.707. The van der Waals surface area contributed by atoms with Gasteiger partial charge in [-0.05, 0) is 47.6 Å². The predicted octanol–water partition coefficient (Wildman–Crippen LogP) is 5.05. The van der Waals surface area contributed by atoms with Crippen molar-refractivity contribution >= 4 is 24.0 Å². The van der Waals surface area contributed by atoms with Crippen molar-refractivity contribution in [1.82, 2.24) is 40.4 Å². The Bertz CT molecular complexity index is 1550. The highest BCUT2D eigenvalue weighted by molar-refractivity contribution is 5.87. The molecule has 3 aromatic rings. The second kappa shape index (κ2) is 15.3. The van der Waals surface area contributed by atoms with E-state index in [1.54, 1.807) is 12.4 Å². The summed E-state index contributed by atoms with van der Waals surface area (Å²) in [5.74, 6) is 1.40. The molecule has 0 saturated carbocycles. The number of carbonyl (C=O) groups excluding carboxylic acids is 4. The summed E-state index contributed by atoms with van der Waals surface area (Å²) >= 11 is 0. The number of H-pyrrole nitrogens is 2. The first kappa shape index (κ1) is 36.4. The molecule has 2 saturated heterocycles. The fourth-order valence-electron chi connectivity index (χ4n) is 6.99. The van der Waals surface area contributed by atoms with Crippen LogP contribution in [0.15, 0.2) is 36.7 Å². The number of alkyl carbamates (subject to hydrolysis) is 2. The molecular weight excluding hydrogens is 640 g/mol. The van der Waals surface area contributed by atoms with Gasteiger partial charge in [-0.15, -0.1) is 0 Å². The minimum Gasteiger partial charge on any atom is -0.453 e. The number of benzene rings is 1. The molecular formula is C36H50N8O6. The number of likely N-dealkylation sites (tertiary alicyclic amines) is 2. The number of hydrogen-bond donors (Lipinski definition) is 4. The van der Waals surface area contributed by atoms with Gasteiger partial charge in [0.1, 0.15) is 23.7 Å². The second-order valence-electron chi connectivity index (χ2n) is 14.4. The molecule has 14 nitrogen and oxygen atoms in total. The molecule has 5 rings (SSSR count). The third-order valence-electron chi connectivity index (χ3n) is 9.70. The molecule has 2 aliphatic heterocycles. The number of hydrogen-bond acceptors (Lipinski definition) is 8. The second-order valence-corrected chi connectivity index (χ2v) is 14.4. The van der Waals surface area contributed by atoms with E-state index >= 15 is 0 Å². The molecule has 0 unspecified atom stereocenters. The largest absolute Gasteiger partial charge is 0.453 e. The quantitative estimate of drug-likeness (QED) is 0.229. The van der Waals surface area contributed by atoms with E-state index < -0.39 is 24.3 Å². The van der Waals surface area contributed by atoms with Crippen molar-refractivity contribution in [3.63, 3.8) is 0 Å². The number of nitrogens with zero attached hydrogens (tertiary/aromatic N) is 4. The number of ether oxygens (including phenoxy) is 2. The summed E-state index contributed by atoms with van der Waals surface area (Å²) in [6.07, 6.45) is 3.81. The van der Waals surface area contributed by atoms with Crippen molar-refractivity contribution in [2.75, 3.05) is 27.3 Å². The van der Waals surface area contributed by atoms with Crippen molar-refractivity contribution in [3.8, 4) is 22.5 Å². The highest BCUT2D eigenvalue weighted by Gasteiger charge is 2.41. The standard InChI is InChI=1S/C36H50N8O6/c1-19(2)29(41-35(47)49-7)33(45)43-17-21(5)13-27(43)31-37-15-25(39-31)23-9-11-24(12-10-23)26-16-38-32(40-26)28-14-22(6)18-44(28)34(46)30(20(3)4)42-36(48)50-8/h9-12,15-16,19-22,27-30H,13-14,17-18H2,1-8H3,(H,37,39)(H,38,40)(H,41,47)(H,42,48)/t21-,22-,27-,28-,29-,30-/m0/s1. The van der Waals surface area contributed by atoms with Gasteiger partial charge in [0.2, 0.25) is 11.8 Å². The number of carbonyl (C=O) groups is 4. The molecule has 6 atom stereocenters. The Kier molecular flexibility index (Phi) is 11.2. The first-order chi connectivity index (χ1) is 23.8. The van der Waals surface area contributed by atoms with Gasteiger partial charge in [-0.25, -0.2) is 19.6 Å². The normalized spacial score (nSPS) is 21.7. The summed E-state index contributed by atoms with van der Waals surface area (Å²) in [6.45, 7) is 12.9. The number of aromatic nitrogens is 4. The van der Waals surface area contributed by atoms with E-state index in [-0.39, 0.29) is 47.6 Å². The number of amides is 4. The fourth-order valence-corrected chi connectivity index (χ4v) is 6.99. The van der Waals surface area contributed by atoms with Crippen LogP contribution < -0.4 is 10.6 Å². The van der Waals surface area contributed by atoms with Crippen molar-refractivity contribution in [2.24, 2.45) is 23.7 Å². The monoisotopic (exact) mass is 690 g/mol. The lowest BCUT2D eigenvalue weighted by atomic mass is 10.0. The maximum absolute atomic E-state index is 13.6.